The number of sulfone groups is 3. The summed E-state index contributed by atoms with van der Waals surface area (Å²) in [4.78, 5) is 11.2. The van der Waals surface area contributed by atoms with E-state index in [-0.39, 0.29) is 104 Å². The number of oxazole rings is 2. The summed E-state index contributed by atoms with van der Waals surface area (Å²) < 4.78 is 134. The quantitative estimate of drug-likeness (QED) is 0.120. The van der Waals surface area contributed by atoms with Gasteiger partial charge in [0.25, 0.3) is 0 Å². The molecule has 0 radical (unpaired) electrons. The normalized spacial score (nSPS) is 21.0. The van der Waals surface area contributed by atoms with Gasteiger partial charge in [-0.1, -0.05) is 95.6 Å². The number of piperidine rings is 2. The number of hydrogen-bond acceptors (Lipinski definition) is 14. The number of hydrogen-bond donors (Lipinski definition) is 2. The van der Waals surface area contributed by atoms with E-state index in [9.17, 15) is 30.4 Å². The number of anilines is 1. The monoisotopic (exact) mass is 1080 g/mol. The summed E-state index contributed by atoms with van der Waals surface area (Å²) in [5.41, 5.74) is 6.26. The first kappa shape index (κ1) is 46.9. The van der Waals surface area contributed by atoms with Crippen LogP contribution in [-0.2, 0) is 40.3 Å². The van der Waals surface area contributed by atoms with E-state index in [2.05, 4.69) is 9.97 Å². The topological polar surface area (TPSA) is 207 Å². The second-order valence-corrected chi connectivity index (χ2v) is 29.6. The molecule has 0 bridgehead atoms. The van der Waals surface area contributed by atoms with Crippen molar-refractivity contribution in [3.8, 4) is 5.75 Å². The summed E-state index contributed by atoms with van der Waals surface area (Å²) in [5.74, 6) is 0.394. The number of halogens is 3. The van der Waals surface area contributed by atoms with Gasteiger partial charge in [-0.15, -0.1) is 0 Å². The molecular formula is C49H68Cl3N5O9S3. The fourth-order valence-corrected chi connectivity index (χ4v) is 15.9. The van der Waals surface area contributed by atoms with Crippen LogP contribution in [0.5, 0.6) is 5.75 Å². The summed E-state index contributed by atoms with van der Waals surface area (Å²) in [6.07, 6.45) is 4.88. The molecule has 20 heteroatoms. The van der Waals surface area contributed by atoms with Crippen molar-refractivity contribution in [2.45, 2.75) is 160 Å². The largest absolute Gasteiger partial charge is 0.504 e. The lowest BCUT2D eigenvalue weighted by Gasteiger charge is -2.37. The molecule has 1 aliphatic carbocycles. The SMILES string of the molecule is CC(C)(C)c1nc2ccc(Cl)c(S(=O)(=O)C3(C)CCCCC3)c2o1.[2H]C([2H])([2H])N1CCC(C)(S(=O)(=O)c2c(Cl)ccc(N)c2O)CC1.[2H]C([2H])([2H])N1CCC(C)(S(=O)(=O)c2c(Cl)ccc3nc(C(C)(C)C)oc23)CC1. The molecule has 2 saturated heterocycles. The molecule has 69 heavy (non-hydrogen) atoms. The van der Waals surface area contributed by atoms with Gasteiger partial charge >= 0.3 is 0 Å². The molecule has 1 saturated carbocycles. The van der Waals surface area contributed by atoms with Gasteiger partial charge in [-0.3, -0.25) is 0 Å². The summed E-state index contributed by atoms with van der Waals surface area (Å²) in [6.45, 7) is 12.9. The average molecular weight is 1080 g/mol. The van der Waals surface area contributed by atoms with Crippen molar-refractivity contribution in [3.05, 3.63) is 63.2 Å². The van der Waals surface area contributed by atoms with Gasteiger partial charge in [-0.25, -0.2) is 35.2 Å². The number of phenols is 1. The van der Waals surface area contributed by atoms with Crippen LogP contribution in [0.15, 0.2) is 59.9 Å². The highest BCUT2D eigenvalue weighted by atomic mass is 35.5. The Morgan fingerprint density at radius 1 is 0.580 bits per heavy atom. The van der Waals surface area contributed by atoms with E-state index in [1.54, 1.807) is 25.1 Å². The zero-order valence-corrected chi connectivity index (χ0v) is 45.3. The predicted octanol–water partition coefficient (Wildman–Crippen LogP) is 11.2. The van der Waals surface area contributed by atoms with Crippen LogP contribution >= 0.6 is 34.8 Å². The highest BCUT2D eigenvalue weighted by Gasteiger charge is 2.47. The van der Waals surface area contributed by atoms with Crippen LogP contribution in [0.4, 0.5) is 5.69 Å². The van der Waals surface area contributed by atoms with E-state index in [0.29, 0.717) is 41.2 Å². The van der Waals surface area contributed by atoms with Gasteiger partial charge in [0.1, 0.15) is 25.7 Å². The third-order valence-corrected chi connectivity index (χ3v) is 22.9. The first-order valence-electron chi connectivity index (χ1n) is 25.8. The van der Waals surface area contributed by atoms with Crippen LogP contribution in [0.3, 0.4) is 0 Å². The van der Waals surface area contributed by atoms with Crippen molar-refractivity contribution >= 4 is 92.2 Å². The lowest BCUT2D eigenvalue weighted by atomic mass is 9.90. The van der Waals surface area contributed by atoms with E-state index < -0.39 is 63.5 Å². The minimum Gasteiger partial charge on any atom is -0.504 e. The number of likely N-dealkylation sites (tertiary alicyclic amines) is 2. The highest BCUT2D eigenvalue weighted by Crippen LogP contribution is 2.46. The molecule has 3 N–H and O–H groups in total. The smallest absolute Gasteiger partial charge is 0.200 e. The maximum absolute atomic E-state index is 13.6. The fourth-order valence-electron chi connectivity index (χ4n) is 8.65. The van der Waals surface area contributed by atoms with Gasteiger partial charge in [-0.05, 0) is 136 Å². The predicted molar refractivity (Wildman–Crippen MR) is 276 cm³/mol. The number of aromatic nitrogens is 2. The van der Waals surface area contributed by atoms with Crippen LogP contribution in [-0.4, -0.2) is 104 Å². The molecule has 0 amide bonds. The molecule has 0 spiro atoms. The van der Waals surface area contributed by atoms with Crippen molar-refractivity contribution < 1.29 is 47.4 Å². The molecule has 14 nitrogen and oxygen atoms in total. The number of nitrogens with two attached hydrogens (primary N) is 1. The molecule has 0 atom stereocenters. The number of rotatable bonds is 6. The summed E-state index contributed by atoms with van der Waals surface area (Å²) in [7, 11) is -11.5. The molecule has 382 valence electrons. The zero-order valence-electron chi connectivity index (χ0n) is 46.6. The van der Waals surface area contributed by atoms with Crippen LogP contribution in [0.25, 0.3) is 22.2 Å². The minimum atomic E-state index is -3.99. The Hall–Kier alpha value is -3.16. The van der Waals surface area contributed by atoms with Crippen molar-refractivity contribution in [2.24, 2.45) is 0 Å². The van der Waals surface area contributed by atoms with E-state index in [1.807, 2.05) is 48.5 Å². The molecule has 5 aromatic rings. The van der Waals surface area contributed by atoms with Gasteiger partial charge in [0, 0.05) is 19.1 Å². The van der Waals surface area contributed by atoms with E-state index in [0.717, 1.165) is 19.3 Å². The van der Waals surface area contributed by atoms with Crippen molar-refractivity contribution in [2.75, 3.05) is 45.9 Å². The minimum absolute atomic E-state index is 0.0560. The van der Waals surface area contributed by atoms with Gasteiger partial charge in [0.15, 0.2) is 46.4 Å². The maximum atomic E-state index is 13.6. The van der Waals surface area contributed by atoms with Crippen LogP contribution < -0.4 is 5.73 Å². The Morgan fingerprint density at radius 3 is 1.28 bits per heavy atom. The lowest BCUT2D eigenvalue weighted by molar-refractivity contribution is 0.240. The number of phenolic OH excluding ortho intramolecular Hbond substituents is 1. The Morgan fingerprint density at radius 2 is 0.913 bits per heavy atom. The highest BCUT2D eigenvalue weighted by molar-refractivity contribution is 7.93. The standard InChI is InChI=1S/C18H25ClN2O3S.C18H24ClNO3S.C13H19ClN2O3S/c1-17(2,3)16-20-13-7-6-12(19)15(14(13)24-16)25(22,23)18(4)8-10-21(5)11-9-18;1-17(2,3)16-20-13-9-8-12(19)15(14(13)23-16)24(21,22)18(4)10-6-5-7-11-18;1-13(5-7-16(2)8-6-13)20(18,19)12-9(14)3-4-10(15)11(12)17/h6-7H,8-11H2,1-5H3;8-9H,5-7,10-11H2,1-4H3;3-4,17H,5-8,15H2,1-2H3/i5D3;;2D3. The van der Waals surface area contributed by atoms with E-state index in [4.69, 9.17) is 57.6 Å². The molecular weight excluding hydrogens is 1010 g/mol. The number of nitrogen functional groups attached to an aromatic ring is 1. The van der Waals surface area contributed by atoms with Gasteiger partial charge in [0.2, 0.25) is 11.8 Å². The third kappa shape index (κ3) is 10.7. The number of benzene rings is 3. The Bertz CT molecular complexity index is 3280. The first-order chi connectivity index (χ1) is 34.1. The van der Waals surface area contributed by atoms with E-state index in [1.165, 1.54) is 34.9 Å². The molecule has 0 unspecified atom stereocenters. The summed E-state index contributed by atoms with van der Waals surface area (Å²) in [6, 6.07) is 9.15. The van der Waals surface area contributed by atoms with Crippen molar-refractivity contribution in [3.63, 3.8) is 0 Å². The second-order valence-electron chi connectivity index (χ2n) is 21.2. The molecule has 8 rings (SSSR count). The lowest BCUT2D eigenvalue weighted by Crippen LogP contribution is -2.46. The van der Waals surface area contributed by atoms with Crippen LogP contribution in [0.2, 0.25) is 15.1 Å². The van der Waals surface area contributed by atoms with Crippen molar-refractivity contribution in [1.29, 1.82) is 0 Å². The number of aromatic hydroxyl groups is 1. The van der Waals surface area contributed by atoms with Gasteiger partial charge in [-0.2, -0.15) is 0 Å². The zero-order chi connectivity index (χ0) is 56.5. The molecule has 3 aliphatic rings. The van der Waals surface area contributed by atoms with Gasteiger partial charge in [0.05, 0.1) is 35.0 Å². The molecule has 4 heterocycles. The average Bonchev–Trinajstić information content (AvgIpc) is 3.94. The van der Waals surface area contributed by atoms with Crippen molar-refractivity contribution in [1.82, 2.24) is 19.8 Å². The first-order valence-corrected chi connectivity index (χ1v) is 28.4. The van der Waals surface area contributed by atoms with Crippen LogP contribution in [0.1, 0.15) is 140 Å². The molecule has 3 aromatic carbocycles. The maximum Gasteiger partial charge on any atom is 0.200 e. The van der Waals surface area contributed by atoms with Crippen LogP contribution in [0, 0.1) is 0 Å². The number of nitrogens with zero attached hydrogens (tertiary/aromatic N) is 4. The molecule has 2 aliphatic heterocycles. The fraction of sp³-hybridized carbons (Fsp3) is 0.592. The summed E-state index contributed by atoms with van der Waals surface area (Å²) >= 11 is 18.6. The Kier molecular flexibility index (Phi) is 13.4. The van der Waals surface area contributed by atoms with Gasteiger partial charge < -0.3 is 29.5 Å². The summed E-state index contributed by atoms with van der Waals surface area (Å²) in [5, 5.41) is 10.3. The Balaban J connectivity index is 0.000000184. The Labute approximate surface area is 431 Å². The molecule has 3 fully saturated rings. The second kappa shape index (κ2) is 19.7. The molecule has 2 aromatic heterocycles. The third-order valence-electron chi connectivity index (χ3n) is 13.6. The van der Waals surface area contributed by atoms with E-state index >= 15 is 0 Å². The number of fused-ring (bicyclic) bond motifs is 2.